The Hall–Kier alpha value is -2.88. The number of nitrogen functional groups attached to an aromatic ring is 1. The van der Waals surface area contributed by atoms with Crippen molar-refractivity contribution < 1.29 is 9.21 Å². The number of furan rings is 1. The zero-order valence-electron chi connectivity index (χ0n) is 13.6. The number of carbonyl (C=O) groups is 1. The third kappa shape index (κ3) is 2.95. The summed E-state index contributed by atoms with van der Waals surface area (Å²) in [6.07, 6.45) is 1.56. The lowest BCUT2D eigenvalue weighted by atomic mass is 10.3. The maximum atomic E-state index is 12.4. The first-order valence-corrected chi connectivity index (χ1v) is 8.71. The molecule has 130 valence electrons. The van der Waals surface area contributed by atoms with Gasteiger partial charge in [0.05, 0.1) is 11.8 Å². The van der Waals surface area contributed by atoms with E-state index in [-0.39, 0.29) is 12.0 Å². The van der Waals surface area contributed by atoms with E-state index in [1.807, 2.05) is 13.0 Å². The SMILES string of the molecule is Cc1ccoc1NC(=O)N1CCN(c2nc(N)nc3scnc23)CC1. The second-order valence-electron chi connectivity index (χ2n) is 5.75. The van der Waals surface area contributed by atoms with Crippen molar-refractivity contribution in [1.82, 2.24) is 19.9 Å². The van der Waals surface area contributed by atoms with Gasteiger partial charge < -0.3 is 20.0 Å². The molecule has 0 unspecified atom stereocenters. The summed E-state index contributed by atoms with van der Waals surface area (Å²) in [5, 5.41) is 2.79. The molecule has 0 saturated carbocycles. The number of hydrogen-bond donors (Lipinski definition) is 2. The first-order valence-electron chi connectivity index (χ1n) is 7.83. The first kappa shape index (κ1) is 15.6. The van der Waals surface area contributed by atoms with Crippen molar-refractivity contribution in [3.8, 4) is 0 Å². The highest BCUT2D eigenvalue weighted by atomic mass is 32.1. The largest absolute Gasteiger partial charge is 0.448 e. The van der Waals surface area contributed by atoms with Gasteiger partial charge in [-0.05, 0) is 13.0 Å². The van der Waals surface area contributed by atoms with Crippen molar-refractivity contribution in [3.05, 3.63) is 23.4 Å². The number of nitrogens with zero attached hydrogens (tertiary/aromatic N) is 5. The molecule has 3 aromatic rings. The van der Waals surface area contributed by atoms with Crippen LogP contribution < -0.4 is 16.0 Å². The van der Waals surface area contributed by atoms with Crippen molar-refractivity contribution in [2.45, 2.75) is 6.92 Å². The number of fused-ring (bicyclic) bond motifs is 1. The molecule has 3 N–H and O–H groups in total. The van der Waals surface area contributed by atoms with Crippen LogP contribution in [0.1, 0.15) is 5.56 Å². The minimum Gasteiger partial charge on any atom is -0.448 e. The molecule has 2 amide bonds. The molecule has 0 bridgehead atoms. The van der Waals surface area contributed by atoms with Gasteiger partial charge in [0, 0.05) is 31.7 Å². The Morgan fingerprint density at radius 2 is 2.12 bits per heavy atom. The van der Waals surface area contributed by atoms with Crippen molar-refractivity contribution in [1.29, 1.82) is 0 Å². The first-order chi connectivity index (χ1) is 12.1. The van der Waals surface area contributed by atoms with Crippen molar-refractivity contribution >= 4 is 45.4 Å². The Bertz CT molecular complexity index is 914. The molecule has 1 aliphatic heterocycles. The summed E-state index contributed by atoms with van der Waals surface area (Å²) < 4.78 is 5.26. The van der Waals surface area contributed by atoms with Gasteiger partial charge >= 0.3 is 6.03 Å². The molecular formula is C15H17N7O2S. The molecule has 0 atom stereocenters. The number of nitrogens with two attached hydrogens (primary N) is 1. The summed E-state index contributed by atoms with van der Waals surface area (Å²) in [4.78, 5) is 29.9. The van der Waals surface area contributed by atoms with Crippen LogP contribution in [0.3, 0.4) is 0 Å². The number of carbonyl (C=O) groups excluding carboxylic acids is 1. The maximum absolute atomic E-state index is 12.4. The van der Waals surface area contributed by atoms with Crippen LogP contribution in [0, 0.1) is 6.92 Å². The summed E-state index contributed by atoms with van der Waals surface area (Å²) in [6, 6.07) is 1.64. The van der Waals surface area contributed by atoms with E-state index in [4.69, 9.17) is 10.2 Å². The number of amides is 2. The quantitative estimate of drug-likeness (QED) is 0.718. The van der Waals surface area contributed by atoms with Crippen LogP contribution >= 0.6 is 11.3 Å². The Kier molecular flexibility index (Phi) is 3.88. The highest BCUT2D eigenvalue weighted by Crippen LogP contribution is 2.27. The van der Waals surface area contributed by atoms with E-state index in [1.54, 1.807) is 16.7 Å². The molecule has 4 rings (SSSR count). The number of piperazine rings is 1. The van der Waals surface area contributed by atoms with E-state index < -0.39 is 0 Å². The van der Waals surface area contributed by atoms with E-state index in [0.29, 0.717) is 32.1 Å². The fourth-order valence-corrected chi connectivity index (χ4v) is 3.44. The highest BCUT2D eigenvalue weighted by molar-refractivity contribution is 7.16. The van der Waals surface area contributed by atoms with Gasteiger partial charge in [0.2, 0.25) is 11.8 Å². The molecule has 1 saturated heterocycles. The van der Waals surface area contributed by atoms with E-state index in [2.05, 4.69) is 25.2 Å². The molecule has 1 fully saturated rings. The molecule has 0 radical (unpaired) electrons. The summed E-state index contributed by atoms with van der Waals surface area (Å²) in [5.41, 5.74) is 9.19. The third-order valence-electron chi connectivity index (χ3n) is 4.15. The lowest BCUT2D eigenvalue weighted by Crippen LogP contribution is -2.50. The summed E-state index contributed by atoms with van der Waals surface area (Å²) in [7, 11) is 0. The number of thiazole rings is 1. The van der Waals surface area contributed by atoms with Crippen molar-refractivity contribution in [2.24, 2.45) is 0 Å². The number of rotatable bonds is 2. The van der Waals surface area contributed by atoms with Crippen LogP contribution in [0.5, 0.6) is 0 Å². The number of nitrogens with one attached hydrogen (secondary N) is 1. The molecule has 3 aromatic heterocycles. The third-order valence-corrected chi connectivity index (χ3v) is 4.86. The Balaban J connectivity index is 1.45. The van der Waals surface area contributed by atoms with Gasteiger partial charge in [0.25, 0.3) is 0 Å². The summed E-state index contributed by atoms with van der Waals surface area (Å²) in [6.45, 7) is 4.32. The maximum Gasteiger partial charge on any atom is 0.324 e. The highest BCUT2D eigenvalue weighted by Gasteiger charge is 2.25. The van der Waals surface area contributed by atoms with Gasteiger partial charge in [-0.25, -0.2) is 14.8 Å². The van der Waals surface area contributed by atoms with Gasteiger partial charge in [-0.2, -0.15) is 4.98 Å². The van der Waals surface area contributed by atoms with Gasteiger partial charge in [-0.15, -0.1) is 11.3 Å². The minimum absolute atomic E-state index is 0.168. The normalized spacial score (nSPS) is 14.9. The zero-order valence-corrected chi connectivity index (χ0v) is 14.4. The van der Waals surface area contributed by atoms with Crippen molar-refractivity contribution in [3.63, 3.8) is 0 Å². The van der Waals surface area contributed by atoms with Crippen LogP contribution in [0.15, 0.2) is 22.3 Å². The van der Waals surface area contributed by atoms with E-state index >= 15 is 0 Å². The van der Waals surface area contributed by atoms with Crippen molar-refractivity contribution in [2.75, 3.05) is 42.1 Å². The zero-order chi connectivity index (χ0) is 17.4. The predicted molar refractivity (Wildman–Crippen MR) is 95.9 cm³/mol. The number of hydrogen-bond acceptors (Lipinski definition) is 8. The van der Waals surface area contributed by atoms with Crippen LogP contribution in [0.2, 0.25) is 0 Å². The minimum atomic E-state index is -0.168. The van der Waals surface area contributed by atoms with E-state index in [9.17, 15) is 4.79 Å². The van der Waals surface area contributed by atoms with Crippen LogP contribution in [0.25, 0.3) is 10.3 Å². The standard InChI is InChI=1S/C15H17N7O2S/c1-9-2-7-24-12(9)19-15(23)22-5-3-21(4-6-22)11-10-13(25-8-17-10)20-14(16)18-11/h2,7-8H,3-6H2,1H3,(H,19,23)(H2,16,18,20). The average Bonchev–Trinajstić information content (AvgIpc) is 3.23. The predicted octanol–water partition coefficient (Wildman–Crippen LogP) is 1.92. The van der Waals surface area contributed by atoms with E-state index in [0.717, 1.165) is 21.7 Å². The van der Waals surface area contributed by atoms with Crippen LogP contribution in [-0.4, -0.2) is 52.1 Å². The van der Waals surface area contributed by atoms with Gasteiger partial charge in [0.15, 0.2) is 10.6 Å². The van der Waals surface area contributed by atoms with Gasteiger partial charge in [-0.3, -0.25) is 5.32 Å². The topological polar surface area (TPSA) is 113 Å². The molecule has 0 aromatic carbocycles. The monoisotopic (exact) mass is 359 g/mol. The fourth-order valence-electron chi connectivity index (χ4n) is 2.78. The van der Waals surface area contributed by atoms with Gasteiger partial charge in [0.1, 0.15) is 5.52 Å². The lowest BCUT2D eigenvalue weighted by molar-refractivity contribution is 0.207. The molecule has 4 heterocycles. The molecular weight excluding hydrogens is 342 g/mol. The molecule has 10 heteroatoms. The number of anilines is 3. The average molecular weight is 359 g/mol. The number of aromatic nitrogens is 3. The molecule has 9 nitrogen and oxygen atoms in total. The number of aryl methyl sites for hydroxylation is 1. The summed E-state index contributed by atoms with van der Waals surface area (Å²) in [5.74, 6) is 1.45. The van der Waals surface area contributed by atoms with E-state index in [1.165, 1.54) is 11.3 Å². The second kappa shape index (κ2) is 6.20. The summed E-state index contributed by atoms with van der Waals surface area (Å²) >= 11 is 1.43. The van der Waals surface area contributed by atoms with Crippen LogP contribution in [0.4, 0.5) is 22.4 Å². The molecule has 0 spiro atoms. The Labute approximate surface area is 147 Å². The van der Waals surface area contributed by atoms with Gasteiger partial charge in [-0.1, -0.05) is 0 Å². The number of urea groups is 1. The molecule has 1 aliphatic rings. The second-order valence-corrected chi connectivity index (χ2v) is 6.58. The fraction of sp³-hybridized carbons (Fsp3) is 0.333. The lowest BCUT2D eigenvalue weighted by Gasteiger charge is -2.35. The molecule has 0 aliphatic carbocycles. The molecule has 25 heavy (non-hydrogen) atoms. The Morgan fingerprint density at radius 1 is 1.32 bits per heavy atom. The van der Waals surface area contributed by atoms with Crippen LogP contribution in [-0.2, 0) is 0 Å². The smallest absolute Gasteiger partial charge is 0.324 e. The Morgan fingerprint density at radius 3 is 2.84 bits per heavy atom.